The van der Waals surface area contributed by atoms with Gasteiger partial charge in [-0.2, -0.15) is 0 Å². The summed E-state index contributed by atoms with van der Waals surface area (Å²) in [5, 5.41) is 42.6. The second-order valence-corrected chi connectivity index (χ2v) is 21.1. The Bertz CT molecular complexity index is 736. The molecule has 0 saturated carbocycles. The Labute approximate surface area is 308 Å². The molecule has 0 aliphatic heterocycles. The Morgan fingerprint density at radius 3 is 0.712 bits per heavy atom. The van der Waals surface area contributed by atoms with Crippen molar-refractivity contribution in [3.05, 3.63) is 0 Å². The van der Waals surface area contributed by atoms with Crippen LogP contribution in [0.4, 0.5) is 0 Å². The average Bonchev–Trinajstić information content (AvgIpc) is 2.96. The molecule has 0 radical (unpaired) electrons. The first-order valence-corrected chi connectivity index (χ1v) is 25.3. The van der Waals surface area contributed by atoms with E-state index in [0.29, 0.717) is 0 Å². The molecule has 0 aliphatic carbocycles. The number of ether oxygens (including phenoxy) is 4. The summed E-state index contributed by atoms with van der Waals surface area (Å²) in [6, 6.07) is -0.962. The molecule has 4 unspecified atom stereocenters. The van der Waals surface area contributed by atoms with E-state index in [0.717, 1.165) is 0 Å². The molecule has 22 nitrogen and oxygen atoms in total. The number of hydrogen-bond acceptors (Lipinski definition) is 22. The molecule has 26 heteroatoms. The van der Waals surface area contributed by atoms with Crippen molar-refractivity contribution >= 4 is 35.2 Å². The second kappa shape index (κ2) is 27.6. The molecule has 0 rings (SSSR count). The molecule has 0 aromatic carbocycles. The maximum atomic E-state index is 10.7. The first-order chi connectivity index (χ1) is 23.9. The molecular formula is C26H64N2O20Si4. The summed E-state index contributed by atoms with van der Waals surface area (Å²) >= 11 is 0. The number of nitrogens with zero attached hydrogens (tertiary/aromatic N) is 2. The van der Waals surface area contributed by atoms with Gasteiger partial charge >= 0.3 is 35.2 Å². The minimum Gasteiger partial charge on any atom is -0.390 e. The van der Waals surface area contributed by atoms with Crippen LogP contribution in [0.25, 0.3) is 0 Å². The highest BCUT2D eigenvalue weighted by atomic mass is 28.4. The van der Waals surface area contributed by atoms with Crippen molar-refractivity contribution in [1.82, 2.24) is 9.80 Å². The normalized spacial score (nSPS) is 15.8. The van der Waals surface area contributed by atoms with Crippen molar-refractivity contribution in [2.45, 2.75) is 74.3 Å². The van der Waals surface area contributed by atoms with Crippen LogP contribution in [0, 0.1) is 0 Å². The van der Waals surface area contributed by atoms with E-state index < -0.39 is 59.6 Å². The summed E-state index contributed by atoms with van der Waals surface area (Å²) in [6.45, 7) is -0.280. The van der Waals surface area contributed by atoms with Gasteiger partial charge in [-0.15, -0.1) is 0 Å². The first kappa shape index (κ1) is 52.0. The average molecular weight is 837 g/mol. The Hall–Kier alpha value is -0.0125. The fourth-order valence-electron chi connectivity index (χ4n) is 4.72. The summed E-state index contributed by atoms with van der Waals surface area (Å²) in [6.07, 6.45) is -3.74. The van der Waals surface area contributed by atoms with Crippen molar-refractivity contribution in [2.75, 3.05) is 92.1 Å². The van der Waals surface area contributed by atoms with Gasteiger partial charge in [0.1, 0.15) is 0 Å². The molecule has 0 aromatic heterocycles. The van der Waals surface area contributed by atoms with Crippen LogP contribution >= 0.6 is 0 Å². The molecule has 0 saturated heterocycles. The summed E-state index contributed by atoms with van der Waals surface area (Å²) in [4.78, 5) is 113. The lowest BCUT2D eigenvalue weighted by molar-refractivity contribution is -0.0239. The van der Waals surface area contributed by atoms with E-state index in [1.165, 1.54) is 0 Å². The van der Waals surface area contributed by atoms with Crippen molar-refractivity contribution in [3.63, 3.8) is 0 Å². The summed E-state index contributed by atoms with van der Waals surface area (Å²) in [5.74, 6) is 0. The summed E-state index contributed by atoms with van der Waals surface area (Å²) in [7, 11) is -16.9. The molecule has 4 atom stereocenters. The predicted octanol–water partition coefficient (Wildman–Crippen LogP) is -7.68. The zero-order chi connectivity index (χ0) is 39.8. The van der Waals surface area contributed by atoms with Crippen LogP contribution in [0.3, 0.4) is 0 Å². The molecule has 52 heavy (non-hydrogen) atoms. The Kier molecular flexibility index (Phi) is 27.6. The van der Waals surface area contributed by atoms with E-state index in [-0.39, 0.29) is 142 Å². The van der Waals surface area contributed by atoms with Gasteiger partial charge in [0.25, 0.3) is 0 Å². The molecule has 0 heterocycles. The van der Waals surface area contributed by atoms with E-state index in [2.05, 4.69) is 0 Å². The van der Waals surface area contributed by atoms with Crippen LogP contribution in [0.5, 0.6) is 0 Å². The molecule has 0 bridgehead atoms. The lowest BCUT2D eigenvalue weighted by Gasteiger charge is -2.32. The smallest absolute Gasteiger partial charge is 0.390 e. The van der Waals surface area contributed by atoms with Gasteiger partial charge in [-0.25, -0.2) is 0 Å². The number of aliphatic hydroxyl groups excluding tert-OH is 4. The predicted molar refractivity (Wildman–Crippen MR) is 188 cm³/mol. The molecule has 0 amide bonds. The van der Waals surface area contributed by atoms with Crippen molar-refractivity contribution in [2.24, 2.45) is 0 Å². The molecule has 0 aromatic rings. The zero-order valence-electron chi connectivity index (χ0n) is 29.5. The number of aliphatic hydroxyl groups is 4. The van der Waals surface area contributed by atoms with E-state index in [1.807, 2.05) is 0 Å². The number of rotatable bonds is 35. The lowest BCUT2D eigenvalue weighted by Crippen LogP contribution is -2.47. The minimum atomic E-state index is -4.22. The van der Waals surface area contributed by atoms with Gasteiger partial charge in [0.05, 0.1) is 50.8 Å². The van der Waals surface area contributed by atoms with Gasteiger partial charge in [-0.1, -0.05) is 0 Å². The third-order valence-corrected chi connectivity index (χ3v) is 11.2. The van der Waals surface area contributed by atoms with E-state index in [1.54, 1.807) is 9.80 Å². The molecule has 314 valence electrons. The maximum Gasteiger partial charge on any atom is 0.492 e. The molecule has 0 fully saturated rings. The third kappa shape index (κ3) is 36.9. The van der Waals surface area contributed by atoms with Crippen molar-refractivity contribution < 1.29 is 96.9 Å². The summed E-state index contributed by atoms with van der Waals surface area (Å²) < 4.78 is 21.5. The van der Waals surface area contributed by atoms with Crippen LogP contribution in [-0.2, 0) is 18.9 Å². The van der Waals surface area contributed by atoms with Gasteiger partial charge < -0.3 is 96.9 Å². The highest BCUT2D eigenvalue weighted by Crippen LogP contribution is 2.08. The van der Waals surface area contributed by atoms with E-state index >= 15 is 0 Å². The van der Waals surface area contributed by atoms with Gasteiger partial charge in [-0.05, 0) is 25.7 Å². The Morgan fingerprint density at radius 1 is 0.346 bits per heavy atom. The molecular weight excluding hydrogens is 773 g/mol. The van der Waals surface area contributed by atoms with E-state index in [9.17, 15) is 20.4 Å². The van der Waals surface area contributed by atoms with Gasteiger partial charge in [0, 0.05) is 89.9 Å². The van der Waals surface area contributed by atoms with Crippen molar-refractivity contribution in [1.29, 1.82) is 0 Å². The largest absolute Gasteiger partial charge is 0.492 e. The second-order valence-electron chi connectivity index (χ2n) is 12.9. The lowest BCUT2D eigenvalue weighted by atomic mass is 10.2. The SMILES string of the molecule is OC(COCCC[Si](O)(O)O)CN(CCN(CC(O)COCCC[Si](O)(O)O)CC(O)COCCC[Si](O)(O)O)CC(O)COCCC[Si](O)(O)O. The van der Waals surface area contributed by atoms with Gasteiger partial charge in [-0.3, -0.25) is 9.80 Å². The molecule has 0 aliphatic rings. The van der Waals surface area contributed by atoms with Crippen LogP contribution in [-0.4, -0.2) is 240 Å². The Balaban J connectivity index is 5.40. The third-order valence-electron chi connectivity index (χ3n) is 7.05. The molecule has 16 N–H and O–H groups in total. The van der Waals surface area contributed by atoms with Gasteiger partial charge in [0.2, 0.25) is 0 Å². The fourth-order valence-corrected chi connectivity index (χ4v) is 7.20. The quantitative estimate of drug-likeness (QED) is 0.0208. The zero-order valence-corrected chi connectivity index (χ0v) is 33.5. The summed E-state index contributed by atoms with van der Waals surface area (Å²) in [5.41, 5.74) is 0. The highest BCUT2D eigenvalue weighted by Gasteiger charge is 2.28. The van der Waals surface area contributed by atoms with Gasteiger partial charge in [0.15, 0.2) is 0 Å². The fraction of sp³-hybridized carbons (Fsp3) is 1.00. The monoisotopic (exact) mass is 836 g/mol. The minimum absolute atomic E-state index is 0.0225. The van der Waals surface area contributed by atoms with E-state index in [4.69, 9.17) is 76.5 Å². The highest BCUT2D eigenvalue weighted by molar-refractivity contribution is 6.57. The van der Waals surface area contributed by atoms with Crippen LogP contribution in [0.2, 0.25) is 24.2 Å². The van der Waals surface area contributed by atoms with Crippen molar-refractivity contribution in [3.8, 4) is 0 Å². The van der Waals surface area contributed by atoms with Crippen LogP contribution in [0.15, 0.2) is 0 Å². The first-order valence-electron chi connectivity index (χ1n) is 17.1. The van der Waals surface area contributed by atoms with Crippen LogP contribution < -0.4 is 0 Å². The van der Waals surface area contributed by atoms with Crippen LogP contribution in [0.1, 0.15) is 25.7 Å². The standard InChI is InChI=1S/C26H64N2O20Si4/c29-23(19-45-7-1-11-49(33,34)35)15-27(16-24(30)20-46-8-2-12-50(36,37)38)5-6-28(17-25(31)21-47-9-3-13-51(39,40)41)18-26(32)22-48-10-4-14-52(42,43)44/h23-26,29-44H,1-22H2. The maximum absolute atomic E-state index is 10.7. The molecule has 0 spiro atoms. The Morgan fingerprint density at radius 2 is 0.538 bits per heavy atom. The number of hydrogen-bond donors (Lipinski definition) is 16. The topological polar surface area (TPSA) is 367 Å².